The number of aromatic amines is 1. The second-order valence-electron chi connectivity index (χ2n) is 14.7. The first kappa shape index (κ1) is 27.6. The number of aliphatic hydroxyl groups excluding tert-OH is 1. The van der Waals surface area contributed by atoms with Crippen LogP contribution in [0, 0.1) is 46.3 Å². The van der Waals surface area contributed by atoms with Gasteiger partial charge in [0.2, 0.25) is 0 Å². The Bertz CT molecular complexity index is 889. The Balaban J connectivity index is 1.36. The molecule has 210 valence electrons. The third-order valence-corrected chi connectivity index (χ3v) is 12.4. The van der Waals surface area contributed by atoms with E-state index in [0.717, 1.165) is 61.6 Å². The molecule has 0 aliphatic heterocycles. The predicted octanol–water partition coefficient (Wildman–Crippen LogP) is 6.12. The molecule has 0 spiro atoms. The number of aliphatic hydroxyl groups is 2. The summed E-state index contributed by atoms with van der Waals surface area (Å²) in [4.78, 5) is 7.39. The fourth-order valence-electron chi connectivity index (χ4n) is 10.4. The molecule has 1 aromatic rings. The molecule has 4 saturated carbocycles. The fourth-order valence-corrected chi connectivity index (χ4v) is 10.4. The van der Waals surface area contributed by atoms with E-state index >= 15 is 0 Å². The van der Waals surface area contributed by atoms with Crippen molar-refractivity contribution in [2.24, 2.45) is 46.3 Å². The summed E-state index contributed by atoms with van der Waals surface area (Å²) in [6.45, 7) is 13.1. The summed E-state index contributed by atoms with van der Waals surface area (Å²) in [5.74, 6) is 4.49. The smallest absolute Gasteiger partial charge is 0.0921 e. The number of nitrogens with one attached hydrogen (secondary N) is 2. The van der Waals surface area contributed by atoms with Crippen LogP contribution in [-0.4, -0.2) is 44.5 Å². The largest absolute Gasteiger partial charge is 0.393 e. The Morgan fingerprint density at radius 2 is 1.89 bits per heavy atom. The van der Waals surface area contributed by atoms with Gasteiger partial charge in [-0.3, -0.25) is 0 Å². The molecule has 4 fully saturated rings. The fraction of sp³-hybridized carbons (Fsp3) is 0.906. The van der Waals surface area contributed by atoms with Crippen LogP contribution in [-0.2, 0) is 6.42 Å². The van der Waals surface area contributed by atoms with Crippen LogP contribution in [0.5, 0.6) is 0 Å². The molecule has 0 radical (unpaired) electrons. The monoisotopic (exact) mass is 513 g/mol. The molecule has 1 heterocycles. The quantitative estimate of drug-likeness (QED) is 0.321. The van der Waals surface area contributed by atoms with Gasteiger partial charge in [-0.1, -0.05) is 53.9 Å². The lowest BCUT2D eigenvalue weighted by Gasteiger charge is -2.66. The first-order chi connectivity index (χ1) is 17.6. The first-order valence-corrected chi connectivity index (χ1v) is 15.7. The highest BCUT2D eigenvalue weighted by Crippen LogP contribution is 2.69. The Kier molecular flexibility index (Phi) is 7.90. The third-order valence-electron chi connectivity index (χ3n) is 12.4. The second kappa shape index (κ2) is 10.6. The summed E-state index contributed by atoms with van der Waals surface area (Å²) in [6, 6.07) is 0.0430. The SMILES string of the molecule is CC(C)CCCC(C)C1CCC2C3C[C@@H](NCCc4cnc[nH]4)[C@@]4(O)C[C@@H](O)CCC4(C)C3CCC12C. The number of hydrogen-bond acceptors (Lipinski definition) is 4. The van der Waals surface area contributed by atoms with Gasteiger partial charge in [-0.15, -0.1) is 0 Å². The summed E-state index contributed by atoms with van der Waals surface area (Å²) in [7, 11) is 0. The van der Waals surface area contributed by atoms with Crippen molar-refractivity contribution in [3.8, 4) is 0 Å². The average Bonchev–Trinajstić information content (AvgIpc) is 3.48. The van der Waals surface area contributed by atoms with E-state index < -0.39 is 5.60 Å². The molecule has 0 bridgehead atoms. The highest BCUT2D eigenvalue weighted by atomic mass is 16.3. The van der Waals surface area contributed by atoms with E-state index in [0.29, 0.717) is 23.7 Å². The molecular weight excluding hydrogens is 458 g/mol. The van der Waals surface area contributed by atoms with Crippen LogP contribution in [0.2, 0.25) is 0 Å². The van der Waals surface area contributed by atoms with Gasteiger partial charge in [0.05, 0.1) is 18.0 Å². The molecule has 5 nitrogen and oxygen atoms in total. The van der Waals surface area contributed by atoms with E-state index in [-0.39, 0.29) is 17.6 Å². The van der Waals surface area contributed by atoms with Crippen LogP contribution in [0.3, 0.4) is 0 Å². The molecule has 0 saturated heterocycles. The first-order valence-electron chi connectivity index (χ1n) is 15.7. The zero-order valence-electron chi connectivity index (χ0n) is 24.3. The minimum absolute atomic E-state index is 0.0430. The molecule has 5 rings (SSSR count). The lowest BCUT2D eigenvalue weighted by atomic mass is 9.42. The zero-order valence-corrected chi connectivity index (χ0v) is 24.3. The zero-order chi connectivity index (χ0) is 26.4. The number of H-pyrrole nitrogens is 1. The van der Waals surface area contributed by atoms with Crippen molar-refractivity contribution in [3.63, 3.8) is 0 Å². The molecule has 4 aliphatic rings. The van der Waals surface area contributed by atoms with E-state index in [1.807, 2.05) is 6.20 Å². The van der Waals surface area contributed by atoms with Crippen LogP contribution in [0.15, 0.2) is 12.5 Å². The second-order valence-corrected chi connectivity index (χ2v) is 14.7. The van der Waals surface area contributed by atoms with E-state index in [9.17, 15) is 10.2 Å². The van der Waals surface area contributed by atoms with E-state index in [2.05, 4.69) is 49.9 Å². The van der Waals surface area contributed by atoms with Gasteiger partial charge >= 0.3 is 0 Å². The average molecular weight is 514 g/mol. The van der Waals surface area contributed by atoms with E-state index in [1.165, 1.54) is 44.9 Å². The third kappa shape index (κ3) is 4.84. The van der Waals surface area contributed by atoms with E-state index in [4.69, 9.17) is 0 Å². The highest BCUT2D eigenvalue weighted by Gasteiger charge is 2.67. The number of nitrogens with zero attached hydrogens (tertiary/aromatic N) is 1. The van der Waals surface area contributed by atoms with Crippen molar-refractivity contribution in [1.82, 2.24) is 15.3 Å². The number of imidazole rings is 1. The van der Waals surface area contributed by atoms with Gasteiger partial charge in [-0.05, 0) is 85.9 Å². The van der Waals surface area contributed by atoms with Gasteiger partial charge in [-0.25, -0.2) is 4.98 Å². The van der Waals surface area contributed by atoms with Crippen molar-refractivity contribution in [3.05, 3.63) is 18.2 Å². The molecule has 37 heavy (non-hydrogen) atoms. The maximum atomic E-state index is 12.4. The number of hydrogen-bond donors (Lipinski definition) is 4. The van der Waals surface area contributed by atoms with Crippen LogP contribution >= 0.6 is 0 Å². The summed E-state index contributed by atoms with van der Waals surface area (Å²) in [5.41, 5.74) is 0.618. The van der Waals surface area contributed by atoms with Gasteiger partial charge in [0.25, 0.3) is 0 Å². The summed E-state index contributed by atoms with van der Waals surface area (Å²) in [5, 5.41) is 27.0. The van der Waals surface area contributed by atoms with Crippen LogP contribution in [0.25, 0.3) is 0 Å². The predicted molar refractivity (Wildman–Crippen MR) is 150 cm³/mol. The minimum atomic E-state index is -0.838. The Morgan fingerprint density at radius 3 is 2.62 bits per heavy atom. The molecule has 0 amide bonds. The van der Waals surface area contributed by atoms with Gasteiger partial charge in [0.1, 0.15) is 0 Å². The van der Waals surface area contributed by atoms with Crippen LogP contribution in [0.1, 0.15) is 111 Å². The molecule has 1 aromatic heterocycles. The maximum absolute atomic E-state index is 12.4. The van der Waals surface area contributed by atoms with Crippen molar-refractivity contribution in [2.45, 2.75) is 129 Å². The Morgan fingerprint density at radius 1 is 1.08 bits per heavy atom. The Hall–Kier alpha value is -0.910. The Labute approximate surface area is 226 Å². The number of aromatic nitrogens is 2. The molecule has 5 heteroatoms. The number of rotatable bonds is 9. The molecule has 0 aromatic carbocycles. The molecule has 4 aliphatic carbocycles. The minimum Gasteiger partial charge on any atom is -0.393 e. The summed E-state index contributed by atoms with van der Waals surface area (Å²) >= 11 is 0. The van der Waals surface area contributed by atoms with Gasteiger partial charge in [-0.2, -0.15) is 0 Å². The summed E-state index contributed by atoms with van der Waals surface area (Å²) < 4.78 is 0. The van der Waals surface area contributed by atoms with Crippen molar-refractivity contribution in [2.75, 3.05) is 6.54 Å². The van der Waals surface area contributed by atoms with E-state index in [1.54, 1.807) is 6.33 Å². The number of fused-ring (bicyclic) bond motifs is 5. The van der Waals surface area contributed by atoms with Gasteiger partial charge in [0.15, 0.2) is 0 Å². The van der Waals surface area contributed by atoms with Crippen LogP contribution in [0.4, 0.5) is 0 Å². The molecule has 10 atom stereocenters. The maximum Gasteiger partial charge on any atom is 0.0921 e. The molecule has 4 N–H and O–H groups in total. The van der Waals surface area contributed by atoms with Crippen molar-refractivity contribution in [1.29, 1.82) is 0 Å². The molecular formula is C32H55N3O2. The topological polar surface area (TPSA) is 81.2 Å². The lowest BCUT2D eigenvalue weighted by Crippen LogP contribution is -2.71. The standard InChI is InChI=1S/C32H55N3O2/c1-21(2)7-6-8-22(3)26-9-10-27-25-17-29(34-16-13-23-19-33-20-35-23)32(37)18-24(36)11-15-31(32,5)28(25)12-14-30(26,27)4/h19-22,24-29,34,36-37H,6-18H2,1-5H3,(H,33,35)/t22?,24-,25?,26?,27?,28?,29+,30?,31?,32-/m0/s1. The van der Waals surface area contributed by atoms with Crippen molar-refractivity contribution >= 4 is 0 Å². The lowest BCUT2D eigenvalue weighted by molar-refractivity contribution is -0.234. The van der Waals surface area contributed by atoms with Gasteiger partial charge in [0, 0.05) is 42.7 Å². The normalized spacial score (nSPS) is 44.3. The van der Waals surface area contributed by atoms with Crippen molar-refractivity contribution < 1.29 is 10.2 Å². The molecule has 7 unspecified atom stereocenters. The van der Waals surface area contributed by atoms with Gasteiger partial charge < -0.3 is 20.5 Å². The summed E-state index contributed by atoms with van der Waals surface area (Å²) in [6.07, 6.45) is 16.9. The highest BCUT2D eigenvalue weighted by molar-refractivity contribution is 5.18. The van der Waals surface area contributed by atoms with Crippen LogP contribution < -0.4 is 5.32 Å².